The van der Waals surface area contributed by atoms with Crippen LogP contribution in [0.4, 0.5) is 0 Å². The summed E-state index contributed by atoms with van der Waals surface area (Å²) in [5, 5.41) is 0.777. The quantitative estimate of drug-likeness (QED) is 0.669. The highest BCUT2D eigenvalue weighted by molar-refractivity contribution is 8.21. The van der Waals surface area contributed by atoms with Crippen LogP contribution in [-0.2, 0) is 13.0 Å². The minimum absolute atomic E-state index is 0.264. The second-order valence-electron chi connectivity index (χ2n) is 6.18. The van der Waals surface area contributed by atoms with E-state index in [-0.39, 0.29) is 4.08 Å². The molecule has 2 aromatic rings. The Morgan fingerprint density at radius 3 is 2.75 bits per heavy atom. The minimum atomic E-state index is 0.264. The summed E-state index contributed by atoms with van der Waals surface area (Å²) in [6.45, 7) is 6.08. The van der Waals surface area contributed by atoms with Crippen LogP contribution >= 0.6 is 23.5 Å². The topological polar surface area (TPSA) is 27.1 Å². The lowest BCUT2D eigenvalue weighted by atomic mass is 10.1. The number of nitrogens with zero attached hydrogens (tertiary/aromatic N) is 2. The van der Waals surface area contributed by atoms with Crippen LogP contribution in [0, 0.1) is 0 Å². The maximum absolute atomic E-state index is 5.54. The first-order valence-electron chi connectivity index (χ1n) is 8.72. The highest BCUT2D eigenvalue weighted by Crippen LogP contribution is 2.52. The molecule has 24 heavy (non-hydrogen) atoms. The van der Waals surface area contributed by atoms with Crippen molar-refractivity contribution in [3.8, 4) is 5.75 Å². The van der Waals surface area contributed by atoms with E-state index in [1.165, 1.54) is 24.2 Å². The van der Waals surface area contributed by atoms with Crippen LogP contribution in [0.2, 0.25) is 0 Å². The lowest BCUT2D eigenvalue weighted by Gasteiger charge is -2.28. The van der Waals surface area contributed by atoms with Gasteiger partial charge in [-0.25, -0.2) is 4.98 Å². The molecule has 1 aromatic heterocycles. The zero-order chi connectivity index (χ0) is 16.8. The monoisotopic (exact) mass is 362 g/mol. The summed E-state index contributed by atoms with van der Waals surface area (Å²) in [5.41, 5.74) is 1.39. The van der Waals surface area contributed by atoms with Crippen molar-refractivity contribution in [2.75, 3.05) is 12.4 Å². The van der Waals surface area contributed by atoms with Gasteiger partial charge in [0.15, 0.2) is 0 Å². The molecule has 0 bridgehead atoms. The van der Waals surface area contributed by atoms with E-state index in [0.717, 1.165) is 30.6 Å². The first-order chi connectivity index (χ1) is 11.7. The molecule has 1 aliphatic rings. The fourth-order valence-electron chi connectivity index (χ4n) is 3.02. The Balaban J connectivity index is 1.65. The van der Waals surface area contributed by atoms with Gasteiger partial charge in [0.05, 0.1) is 17.0 Å². The van der Waals surface area contributed by atoms with Crippen LogP contribution in [0.5, 0.6) is 5.75 Å². The van der Waals surface area contributed by atoms with Crippen molar-refractivity contribution in [1.82, 2.24) is 9.55 Å². The molecule has 3 nitrogen and oxygen atoms in total. The molecule has 5 heteroatoms. The molecule has 2 unspecified atom stereocenters. The summed E-state index contributed by atoms with van der Waals surface area (Å²) in [6.07, 6.45) is 9.45. The lowest BCUT2D eigenvalue weighted by molar-refractivity contribution is 0.340. The maximum atomic E-state index is 5.54. The molecule has 0 N–H and O–H groups in total. The zero-order valence-electron chi connectivity index (χ0n) is 14.5. The molecule has 1 saturated heterocycles. The second kappa shape index (κ2) is 8.34. The van der Waals surface area contributed by atoms with E-state index in [2.05, 4.69) is 70.5 Å². The van der Waals surface area contributed by atoms with Crippen molar-refractivity contribution in [2.24, 2.45) is 0 Å². The van der Waals surface area contributed by atoms with Crippen molar-refractivity contribution in [3.05, 3.63) is 48.5 Å². The van der Waals surface area contributed by atoms with Gasteiger partial charge in [-0.15, -0.1) is 23.5 Å². The molecule has 0 radical (unpaired) electrons. The number of hydrogen-bond donors (Lipinski definition) is 0. The predicted octanol–water partition coefficient (Wildman–Crippen LogP) is 4.87. The summed E-state index contributed by atoms with van der Waals surface area (Å²) in [5.74, 6) is 2.23. The Bertz CT molecular complexity index is 615. The predicted molar refractivity (Wildman–Crippen MR) is 105 cm³/mol. The maximum Gasteiger partial charge on any atom is 0.119 e. The lowest BCUT2D eigenvalue weighted by Crippen LogP contribution is -2.25. The third-order valence-electron chi connectivity index (χ3n) is 4.38. The van der Waals surface area contributed by atoms with E-state index < -0.39 is 0 Å². The standard InChI is InChI=1S/C19H26N2OS2/c1-3-18-13-23-19(24-18,14-21-12-11-20-15-21)10-9-16-5-7-17(8-6-16)22-4-2/h5-8,11-12,15,18H,3-4,9-10,13-14H2,1-2H3. The molecule has 3 rings (SSSR count). The van der Waals surface area contributed by atoms with Gasteiger partial charge in [-0.1, -0.05) is 19.1 Å². The Hall–Kier alpha value is -1.07. The Labute approximate surface area is 153 Å². The third kappa shape index (κ3) is 4.51. The fourth-order valence-corrected chi connectivity index (χ4v) is 6.81. The fraction of sp³-hybridized carbons (Fsp3) is 0.526. The van der Waals surface area contributed by atoms with Crippen molar-refractivity contribution in [1.29, 1.82) is 0 Å². The largest absolute Gasteiger partial charge is 0.494 e. The zero-order valence-corrected chi connectivity index (χ0v) is 16.1. The molecular formula is C19H26N2OS2. The van der Waals surface area contributed by atoms with Crippen molar-refractivity contribution < 1.29 is 4.74 Å². The number of benzene rings is 1. The highest BCUT2D eigenvalue weighted by Gasteiger charge is 2.40. The van der Waals surface area contributed by atoms with E-state index in [0.29, 0.717) is 0 Å². The molecule has 2 atom stereocenters. The van der Waals surface area contributed by atoms with Crippen LogP contribution in [0.25, 0.3) is 0 Å². The molecule has 1 aromatic carbocycles. The number of ether oxygens (including phenoxy) is 1. The molecular weight excluding hydrogens is 336 g/mol. The van der Waals surface area contributed by atoms with Gasteiger partial charge in [-0.2, -0.15) is 0 Å². The van der Waals surface area contributed by atoms with Gasteiger partial charge in [0.1, 0.15) is 5.75 Å². The number of aromatic nitrogens is 2. The summed E-state index contributed by atoms with van der Waals surface area (Å²) in [7, 11) is 0. The molecule has 2 heterocycles. The second-order valence-corrected chi connectivity index (χ2v) is 9.53. The number of hydrogen-bond acceptors (Lipinski definition) is 4. The van der Waals surface area contributed by atoms with Crippen LogP contribution in [0.1, 0.15) is 32.3 Å². The molecule has 1 fully saturated rings. The summed E-state index contributed by atoms with van der Waals surface area (Å²) in [4.78, 5) is 4.21. The molecule has 0 spiro atoms. The number of rotatable bonds is 8. The Kier molecular flexibility index (Phi) is 6.17. The van der Waals surface area contributed by atoms with E-state index >= 15 is 0 Å². The third-order valence-corrected chi connectivity index (χ3v) is 8.26. The minimum Gasteiger partial charge on any atom is -0.494 e. The van der Waals surface area contributed by atoms with Crippen molar-refractivity contribution >= 4 is 23.5 Å². The van der Waals surface area contributed by atoms with Gasteiger partial charge in [0.25, 0.3) is 0 Å². The van der Waals surface area contributed by atoms with Gasteiger partial charge >= 0.3 is 0 Å². The average Bonchev–Trinajstić information content (AvgIpc) is 3.25. The summed E-state index contributed by atoms with van der Waals surface area (Å²) in [6, 6.07) is 8.59. The Morgan fingerprint density at radius 1 is 1.29 bits per heavy atom. The summed E-state index contributed by atoms with van der Waals surface area (Å²) >= 11 is 4.32. The van der Waals surface area contributed by atoms with Crippen LogP contribution < -0.4 is 4.74 Å². The SMILES string of the molecule is CCOc1ccc(CCC2(Cn3ccnc3)SCC(CC)S2)cc1. The van der Waals surface area contributed by atoms with E-state index in [9.17, 15) is 0 Å². The summed E-state index contributed by atoms with van der Waals surface area (Å²) < 4.78 is 8.04. The van der Waals surface area contributed by atoms with Gasteiger partial charge in [-0.05, 0) is 43.9 Å². The van der Waals surface area contributed by atoms with Crippen molar-refractivity contribution in [2.45, 2.75) is 49.0 Å². The molecule has 0 amide bonds. The van der Waals surface area contributed by atoms with E-state index in [1.54, 1.807) is 0 Å². The van der Waals surface area contributed by atoms with Gasteiger partial charge in [0.2, 0.25) is 0 Å². The highest BCUT2D eigenvalue weighted by atomic mass is 32.2. The molecule has 0 aliphatic carbocycles. The number of imidazole rings is 1. The van der Waals surface area contributed by atoms with E-state index in [4.69, 9.17) is 4.74 Å². The van der Waals surface area contributed by atoms with Crippen LogP contribution in [0.15, 0.2) is 43.0 Å². The normalized spacial score (nSPS) is 23.5. The first-order valence-corrected chi connectivity index (χ1v) is 10.6. The molecule has 1 aliphatic heterocycles. The van der Waals surface area contributed by atoms with Gasteiger partial charge in [-0.3, -0.25) is 0 Å². The van der Waals surface area contributed by atoms with Gasteiger partial charge in [0, 0.05) is 29.9 Å². The van der Waals surface area contributed by atoms with E-state index in [1.807, 2.05) is 19.4 Å². The number of thioether (sulfide) groups is 2. The van der Waals surface area contributed by atoms with Crippen LogP contribution in [0.3, 0.4) is 0 Å². The molecule has 130 valence electrons. The Morgan fingerprint density at radius 2 is 2.12 bits per heavy atom. The number of aryl methyl sites for hydroxylation is 1. The van der Waals surface area contributed by atoms with Crippen molar-refractivity contribution in [3.63, 3.8) is 0 Å². The molecule has 0 saturated carbocycles. The van der Waals surface area contributed by atoms with Crippen LogP contribution in [-0.4, -0.2) is 31.2 Å². The first kappa shape index (κ1) is 17.7. The smallest absolute Gasteiger partial charge is 0.119 e. The average molecular weight is 363 g/mol. The van der Waals surface area contributed by atoms with Gasteiger partial charge < -0.3 is 9.30 Å².